The van der Waals surface area contributed by atoms with Gasteiger partial charge in [-0.15, -0.1) is 0 Å². The number of nitrogens with zero attached hydrogens (tertiary/aromatic N) is 2. The summed E-state index contributed by atoms with van der Waals surface area (Å²) in [6.07, 6.45) is 3.79. The van der Waals surface area contributed by atoms with E-state index in [-0.39, 0.29) is 18.3 Å². The Morgan fingerprint density at radius 3 is 2.81 bits per heavy atom. The van der Waals surface area contributed by atoms with E-state index in [2.05, 4.69) is 4.98 Å². The van der Waals surface area contributed by atoms with Crippen LogP contribution in [-0.2, 0) is 6.42 Å². The van der Waals surface area contributed by atoms with Crippen molar-refractivity contribution in [1.82, 2.24) is 9.88 Å². The molecule has 1 aromatic heterocycles. The molecule has 2 heterocycles. The third kappa shape index (κ3) is 3.85. The molecule has 1 aliphatic heterocycles. The Labute approximate surface area is 152 Å². The zero-order valence-corrected chi connectivity index (χ0v) is 14.8. The van der Waals surface area contributed by atoms with E-state index in [0.717, 1.165) is 18.4 Å². The summed E-state index contributed by atoms with van der Waals surface area (Å²) in [5.41, 5.74) is 0.945. The SMILES string of the molecule is COc1ncccc1C(=O)N1CCC[C@](CO)(Cc2ccc(F)cc2)C1. The van der Waals surface area contributed by atoms with Gasteiger partial charge in [0.25, 0.3) is 5.91 Å². The average Bonchev–Trinajstić information content (AvgIpc) is 2.69. The first-order chi connectivity index (χ1) is 12.6. The molecule has 1 N–H and O–H groups in total. The molecule has 138 valence electrons. The third-order valence-electron chi connectivity index (χ3n) is 4.97. The van der Waals surface area contributed by atoms with Crippen LogP contribution in [0.4, 0.5) is 4.39 Å². The van der Waals surface area contributed by atoms with Crippen molar-refractivity contribution in [3.05, 3.63) is 59.5 Å². The molecule has 26 heavy (non-hydrogen) atoms. The molecule has 0 saturated carbocycles. The van der Waals surface area contributed by atoms with Crippen LogP contribution in [0.1, 0.15) is 28.8 Å². The molecule has 1 saturated heterocycles. The van der Waals surface area contributed by atoms with Gasteiger partial charge < -0.3 is 14.7 Å². The predicted octanol–water partition coefficient (Wildman–Crippen LogP) is 2.69. The Balaban J connectivity index is 1.80. The molecule has 1 aliphatic rings. The topological polar surface area (TPSA) is 62.7 Å². The van der Waals surface area contributed by atoms with Crippen molar-refractivity contribution in [2.45, 2.75) is 19.3 Å². The number of methoxy groups -OCH3 is 1. The molecule has 2 aromatic rings. The largest absolute Gasteiger partial charge is 0.480 e. The highest BCUT2D eigenvalue weighted by Gasteiger charge is 2.37. The lowest BCUT2D eigenvalue weighted by atomic mass is 9.75. The van der Waals surface area contributed by atoms with E-state index in [4.69, 9.17) is 4.74 Å². The van der Waals surface area contributed by atoms with Gasteiger partial charge in [0.1, 0.15) is 11.4 Å². The summed E-state index contributed by atoms with van der Waals surface area (Å²) < 4.78 is 18.3. The number of pyridine rings is 1. The molecule has 1 aromatic carbocycles. The molecule has 1 fully saturated rings. The number of amides is 1. The molecular weight excluding hydrogens is 335 g/mol. The molecule has 1 atom stereocenters. The normalized spacial score (nSPS) is 20.0. The van der Waals surface area contributed by atoms with Crippen LogP contribution in [0.5, 0.6) is 5.88 Å². The molecule has 0 aliphatic carbocycles. The van der Waals surface area contributed by atoms with Gasteiger partial charge in [0.2, 0.25) is 5.88 Å². The van der Waals surface area contributed by atoms with Crippen molar-refractivity contribution in [3.8, 4) is 5.88 Å². The highest BCUT2D eigenvalue weighted by Crippen LogP contribution is 2.34. The quantitative estimate of drug-likeness (QED) is 0.893. The van der Waals surface area contributed by atoms with Crippen LogP contribution in [0.15, 0.2) is 42.6 Å². The van der Waals surface area contributed by atoms with Crippen molar-refractivity contribution >= 4 is 5.91 Å². The minimum Gasteiger partial charge on any atom is -0.480 e. The Morgan fingerprint density at radius 1 is 1.35 bits per heavy atom. The monoisotopic (exact) mass is 358 g/mol. The van der Waals surface area contributed by atoms with Crippen LogP contribution >= 0.6 is 0 Å². The average molecular weight is 358 g/mol. The van der Waals surface area contributed by atoms with Gasteiger partial charge in [-0.05, 0) is 49.1 Å². The summed E-state index contributed by atoms with van der Waals surface area (Å²) in [6.45, 7) is 1.04. The Morgan fingerprint density at radius 2 is 2.12 bits per heavy atom. The van der Waals surface area contributed by atoms with Crippen molar-refractivity contribution in [2.24, 2.45) is 5.41 Å². The fourth-order valence-corrected chi connectivity index (χ4v) is 3.63. The Hall–Kier alpha value is -2.47. The van der Waals surface area contributed by atoms with Gasteiger partial charge in [0.05, 0.1) is 13.7 Å². The summed E-state index contributed by atoms with van der Waals surface area (Å²) in [5, 5.41) is 10.1. The van der Waals surface area contributed by atoms with Crippen molar-refractivity contribution in [3.63, 3.8) is 0 Å². The Kier molecular flexibility index (Phi) is 5.52. The Bertz CT molecular complexity index is 766. The van der Waals surface area contributed by atoms with Gasteiger partial charge in [-0.3, -0.25) is 4.79 Å². The van der Waals surface area contributed by atoms with Crippen molar-refractivity contribution in [2.75, 3.05) is 26.8 Å². The first-order valence-corrected chi connectivity index (χ1v) is 8.70. The molecule has 3 rings (SSSR count). The smallest absolute Gasteiger partial charge is 0.259 e. The number of aliphatic hydroxyl groups is 1. The van der Waals surface area contributed by atoms with E-state index in [9.17, 15) is 14.3 Å². The zero-order valence-electron chi connectivity index (χ0n) is 14.8. The number of rotatable bonds is 5. The van der Waals surface area contributed by atoms with E-state index in [1.165, 1.54) is 19.2 Å². The highest BCUT2D eigenvalue weighted by molar-refractivity contribution is 5.96. The molecule has 1 amide bonds. The van der Waals surface area contributed by atoms with Crippen LogP contribution in [0, 0.1) is 11.2 Å². The van der Waals surface area contributed by atoms with Crippen molar-refractivity contribution in [1.29, 1.82) is 0 Å². The number of hydrogen-bond donors (Lipinski definition) is 1. The van der Waals surface area contributed by atoms with Gasteiger partial charge in [0.15, 0.2) is 0 Å². The molecule has 0 bridgehead atoms. The first kappa shape index (κ1) is 18.3. The molecule has 0 spiro atoms. The van der Waals surface area contributed by atoms with E-state index >= 15 is 0 Å². The van der Waals surface area contributed by atoms with E-state index in [1.54, 1.807) is 35.4 Å². The maximum Gasteiger partial charge on any atom is 0.259 e. The lowest BCUT2D eigenvalue weighted by Gasteiger charge is -2.42. The van der Waals surface area contributed by atoms with Crippen LogP contribution in [0.25, 0.3) is 0 Å². The maximum absolute atomic E-state index is 13.1. The summed E-state index contributed by atoms with van der Waals surface area (Å²) in [5.74, 6) is -0.126. The second-order valence-corrected chi connectivity index (χ2v) is 6.85. The number of ether oxygens (including phenoxy) is 1. The number of likely N-dealkylation sites (tertiary alicyclic amines) is 1. The number of carbonyl (C=O) groups excluding carboxylic acids is 1. The second-order valence-electron chi connectivity index (χ2n) is 6.85. The number of hydrogen-bond acceptors (Lipinski definition) is 4. The molecule has 5 nitrogen and oxygen atoms in total. The maximum atomic E-state index is 13.1. The molecule has 0 unspecified atom stereocenters. The summed E-state index contributed by atoms with van der Waals surface area (Å²) in [7, 11) is 1.49. The summed E-state index contributed by atoms with van der Waals surface area (Å²) >= 11 is 0. The summed E-state index contributed by atoms with van der Waals surface area (Å²) in [6, 6.07) is 9.72. The van der Waals surface area contributed by atoms with Crippen LogP contribution in [0.3, 0.4) is 0 Å². The molecular formula is C20H23FN2O3. The number of carbonyl (C=O) groups is 1. The fourth-order valence-electron chi connectivity index (χ4n) is 3.63. The van der Waals surface area contributed by atoms with Gasteiger partial charge in [-0.2, -0.15) is 0 Å². The standard InChI is InChI=1S/C20H23FN2O3/c1-26-18-17(4-2-10-22-18)19(25)23-11-3-9-20(13-23,14-24)12-15-5-7-16(21)8-6-15/h2,4-8,10,24H,3,9,11-14H2,1H3/t20-/m0/s1. The number of benzene rings is 1. The van der Waals surface area contributed by atoms with Gasteiger partial charge in [0, 0.05) is 24.7 Å². The number of aliphatic hydroxyl groups excluding tert-OH is 1. The molecule has 6 heteroatoms. The van der Waals surface area contributed by atoms with Crippen LogP contribution < -0.4 is 4.74 Å². The van der Waals surface area contributed by atoms with Gasteiger partial charge >= 0.3 is 0 Å². The van der Waals surface area contributed by atoms with Gasteiger partial charge in [-0.1, -0.05) is 12.1 Å². The minimum atomic E-state index is -0.429. The van der Waals surface area contributed by atoms with E-state index in [0.29, 0.717) is 31.0 Å². The van der Waals surface area contributed by atoms with Crippen molar-refractivity contribution < 1.29 is 19.0 Å². The number of aromatic nitrogens is 1. The second kappa shape index (κ2) is 7.83. The minimum absolute atomic E-state index is 0.0294. The highest BCUT2D eigenvalue weighted by atomic mass is 19.1. The fraction of sp³-hybridized carbons (Fsp3) is 0.400. The van der Waals surface area contributed by atoms with Crippen LogP contribution in [0.2, 0.25) is 0 Å². The van der Waals surface area contributed by atoms with Gasteiger partial charge in [-0.25, -0.2) is 9.37 Å². The lowest BCUT2D eigenvalue weighted by Crippen LogP contribution is -2.49. The summed E-state index contributed by atoms with van der Waals surface area (Å²) in [4.78, 5) is 18.8. The van der Waals surface area contributed by atoms with E-state index < -0.39 is 5.41 Å². The van der Waals surface area contributed by atoms with Crippen LogP contribution in [-0.4, -0.2) is 47.7 Å². The van der Waals surface area contributed by atoms with E-state index in [1.807, 2.05) is 0 Å². The number of piperidine rings is 1. The predicted molar refractivity (Wildman–Crippen MR) is 95.5 cm³/mol. The lowest BCUT2D eigenvalue weighted by molar-refractivity contribution is 0.0269. The first-order valence-electron chi connectivity index (χ1n) is 8.70. The molecule has 0 radical (unpaired) electrons. The third-order valence-corrected chi connectivity index (χ3v) is 4.97. The zero-order chi connectivity index (χ0) is 18.6. The number of halogens is 1.